The molecule has 0 bridgehead atoms. The molecular weight excluding hydrogens is 262 g/mol. The average Bonchev–Trinajstić information content (AvgIpc) is 2.93. The van der Waals surface area contributed by atoms with Gasteiger partial charge in [0.1, 0.15) is 0 Å². The summed E-state index contributed by atoms with van der Waals surface area (Å²) in [5.74, 6) is 0.424. The number of rotatable bonds is 3. The average molecular weight is 285 g/mol. The van der Waals surface area contributed by atoms with E-state index in [1.165, 1.54) is 11.1 Å². The molecule has 3 nitrogen and oxygen atoms in total. The van der Waals surface area contributed by atoms with E-state index in [1.54, 1.807) is 0 Å². The van der Waals surface area contributed by atoms with Crippen molar-refractivity contribution in [3.8, 4) is 11.3 Å². The summed E-state index contributed by atoms with van der Waals surface area (Å²) in [6.45, 7) is 0.0935. The number of H-pyrrole nitrogens is 1. The number of aliphatic hydroxyl groups is 2. The van der Waals surface area contributed by atoms with Crippen LogP contribution in [0.5, 0.6) is 0 Å². The molecule has 2 aromatic rings. The van der Waals surface area contributed by atoms with Gasteiger partial charge in [0.2, 0.25) is 0 Å². The van der Waals surface area contributed by atoms with Gasteiger partial charge in [-0.3, -0.25) is 0 Å². The summed E-state index contributed by atoms with van der Waals surface area (Å²) in [6.07, 6.45) is 5.50. The molecule has 0 radical (unpaired) electrons. The van der Waals surface area contributed by atoms with E-state index < -0.39 is 6.10 Å². The number of benzene rings is 1. The van der Waals surface area contributed by atoms with Crippen LogP contribution in [-0.4, -0.2) is 27.9 Å². The van der Waals surface area contributed by atoms with Crippen molar-refractivity contribution in [1.29, 1.82) is 0 Å². The van der Waals surface area contributed by atoms with Gasteiger partial charge in [0.25, 0.3) is 0 Å². The summed E-state index contributed by atoms with van der Waals surface area (Å²) in [7, 11) is 0. The van der Waals surface area contributed by atoms with Gasteiger partial charge in [-0.1, -0.05) is 36.8 Å². The van der Waals surface area contributed by atoms with Gasteiger partial charge in [0.05, 0.1) is 6.10 Å². The summed E-state index contributed by atoms with van der Waals surface area (Å²) in [5, 5.41) is 19.6. The molecule has 0 amide bonds. The number of aromatic nitrogens is 1. The second-order valence-electron chi connectivity index (χ2n) is 6.09. The molecule has 1 fully saturated rings. The highest BCUT2D eigenvalue weighted by Crippen LogP contribution is 2.35. The quantitative estimate of drug-likeness (QED) is 0.758. The second-order valence-corrected chi connectivity index (χ2v) is 6.09. The number of aliphatic hydroxyl groups excluding tert-OH is 2. The van der Waals surface area contributed by atoms with E-state index in [4.69, 9.17) is 0 Å². The van der Waals surface area contributed by atoms with Crippen LogP contribution in [0.15, 0.2) is 42.6 Å². The molecule has 21 heavy (non-hydrogen) atoms. The number of aromatic amines is 1. The Labute approximate surface area is 125 Å². The summed E-state index contributed by atoms with van der Waals surface area (Å²) in [5.41, 5.74) is 3.58. The Morgan fingerprint density at radius 1 is 1.14 bits per heavy atom. The molecule has 3 rings (SSSR count). The first-order chi connectivity index (χ1) is 10.3. The van der Waals surface area contributed by atoms with Gasteiger partial charge in [-0.25, -0.2) is 0 Å². The number of nitrogens with one attached hydrogen (secondary N) is 1. The lowest BCUT2D eigenvalue weighted by atomic mass is 9.91. The largest absolute Gasteiger partial charge is 0.396 e. The van der Waals surface area contributed by atoms with E-state index in [0.29, 0.717) is 5.92 Å². The van der Waals surface area contributed by atoms with Crippen LogP contribution in [0, 0.1) is 5.92 Å². The molecule has 1 aromatic carbocycles. The minimum Gasteiger partial charge on any atom is -0.396 e. The zero-order chi connectivity index (χ0) is 14.7. The molecule has 0 aliphatic heterocycles. The smallest absolute Gasteiger partial charge is 0.0596 e. The van der Waals surface area contributed by atoms with Crippen LogP contribution in [0.1, 0.15) is 37.2 Å². The number of hydrogen-bond acceptors (Lipinski definition) is 2. The minimum atomic E-state index is -0.391. The monoisotopic (exact) mass is 285 g/mol. The molecule has 0 spiro atoms. The van der Waals surface area contributed by atoms with Gasteiger partial charge in [0.15, 0.2) is 0 Å². The molecule has 1 aliphatic rings. The van der Waals surface area contributed by atoms with Crippen molar-refractivity contribution >= 4 is 0 Å². The van der Waals surface area contributed by atoms with Crippen molar-refractivity contribution in [3.63, 3.8) is 0 Å². The van der Waals surface area contributed by atoms with Crippen LogP contribution in [0.3, 0.4) is 0 Å². The highest BCUT2D eigenvalue weighted by atomic mass is 16.3. The molecule has 3 atom stereocenters. The van der Waals surface area contributed by atoms with Gasteiger partial charge in [-0.05, 0) is 42.4 Å². The van der Waals surface area contributed by atoms with Crippen LogP contribution in [0.4, 0.5) is 0 Å². The molecule has 1 heterocycles. The Bertz CT molecular complexity index is 564. The van der Waals surface area contributed by atoms with E-state index in [1.807, 2.05) is 18.2 Å². The van der Waals surface area contributed by atoms with Crippen LogP contribution in [0.25, 0.3) is 11.3 Å². The fourth-order valence-electron chi connectivity index (χ4n) is 3.37. The zero-order valence-electron chi connectivity index (χ0n) is 12.2. The maximum atomic E-state index is 10.2. The van der Waals surface area contributed by atoms with E-state index in [0.717, 1.165) is 31.4 Å². The van der Waals surface area contributed by atoms with E-state index in [-0.39, 0.29) is 12.5 Å². The summed E-state index contributed by atoms with van der Waals surface area (Å²) >= 11 is 0. The maximum absolute atomic E-state index is 10.2. The summed E-state index contributed by atoms with van der Waals surface area (Å²) in [6, 6.07) is 12.5. The van der Waals surface area contributed by atoms with E-state index in [9.17, 15) is 10.2 Å². The number of hydrogen-bond donors (Lipinski definition) is 3. The lowest BCUT2D eigenvalue weighted by molar-refractivity contribution is 0.0597. The zero-order valence-corrected chi connectivity index (χ0v) is 12.2. The standard InChI is InChI=1S/C18H23NO2/c20-12-15-8-4-7-14(10-18(15)21)16-9-17(19-11-16)13-5-2-1-3-6-13/h1-3,5-6,9,11,14-15,18-21H,4,7-8,10,12H2. The molecule has 1 aromatic heterocycles. The Morgan fingerprint density at radius 2 is 1.95 bits per heavy atom. The summed E-state index contributed by atoms with van der Waals surface area (Å²) < 4.78 is 0. The Kier molecular flexibility index (Phi) is 4.42. The Balaban J connectivity index is 1.77. The van der Waals surface area contributed by atoms with E-state index >= 15 is 0 Å². The normalized spacial score (nSPS) is 26.5. The van der Waals surface area contributed by atoms with Crippen molar-refractivity contribution in [2.45, 2.75) is 37.7 Å². The molecule has 1 aliphatic carbocycles. The lowest BCUT2D eigenvalue weighted by Gasteiger charge is -2.19. The molecular formula is C18H23NO2. The van der Waals surface area contributed by atoms with Gasteiger partial charge in [0, 0.05) is 24.4 Å². The first-order valence-electron chi connectivity index (χ1n) is 7.80. The second kappa shape index (κ2) is 6.46. The molecule has 112 valence electrons. The molecule has 3 heteroatoms. The maximum Gasteiger partial charge on any atom is 0.0596 e. The van der Waals surface area contributed by atoms with Crippen molar-refractivity contribution in [1.82, 2.24) is 4.98 Å². The first-order valence-corrected chi connectivity index (χ1v) is 7.80. The predicted octanol–water partition coefficient (Wildman–Crippen LogP) is 3.31. The molecule has 3 N–H and O–H groups in total. The van der Waals surface area contributed by atoms with E-state index in [2.05, 4.69) is 29.4 Å². The minimum absolute atomic E-state index is 0.0440. The Hall–Kier alpha value is -1.58. The third-order valence-electron chi connectivity index (χ3n) is 4.69. The van der Waals surface area contributed by atoms with Gasteiger partial charge in [-0.15, -0.1) is 0 Å². The van der Waals surface area contributed by atoms with Crippen molar-refractivity contribution in [2.24, 2.45) is 5.92 Å². The van der Waals surface area contributed by atoms with Crippen LogP contribution in [0.2, 0.25) is 0 Å². The first kappa shape index (κ1) is 14.4. The van der Waals surface area contributed by atoms with Gasteiger partial charge < -0.3 is 15.2 Å². The Morgan fingerprint density at radius 3 is 2.71 bits per heavy atom. The van der Waals surface area contributed by atoms with Gasteiger partial charge >= 0.3 is 0 Å². The summed E-state index contributed by atoms with van der Waals surface area (Å²) in [4.78, 5) is 3.35. The molecule has 0 saturated heterocycles. The van der Waals surface area contributed by atoms with Crippen molar-refractivity contribution in [3.05, 3.63) is 48.2 Å². The van der Waals surface area contributed by atoms with Crippen LogP contribution < -0.4 is 0 Å². The fraction of sp³-hybridized carbons (Fsp3) is 0.444. The topological polar surface area (TPSA) is 56.2 Å². The van der Waals surface area contributed by atoms with Crippen molar-refractivity contribution in [2.75, 3.05) is 6.61 Å². The third kappa shape index (κ3) is 3.20. The fourth-order valence-corrected chi connectivity index (χ4v) is 3.37. The highest BCUT2D eigenvalue weighted by Gasteiger charge is 2.27. The highest BCUT2D eigenvalue weighted by molar-refractivity contribution is 5.60. The van der Waals surface area contributed by atoms with Gasteiger partial charge in [-0.2, -0.15) is 0 Å². The van der Waals surface area contributed by atoms with Crippen molar-refractivity contribution < 1.29 is 10.2 Å². The molecule has 3 unspecified atom stereocenters. The lowest BCUT2D eigenvalue weighted by Crippen LogP contribution is -2.23. The van der Waals surface area contributed by atoms with Crippen LogP contribution in [-0.2, 0) is 0 Å². The SMILES string of the molecule is OCC1CCCC(c2c[nH]c(-c3ccccc3)c2)CC1O. The molecule has 1 saturated carbocycles. The third-order valence-corrected chi connectivity index (χ3v) is 4.69. The predicted molar refractivity (Wildman–Crippen MR) is 84.0 cm³/mol. The van der Waals surface area contributed by atoms with Crippen LogP contribution >= 0.6 is 0 Å².